The summed E-state index contributed by atoms with van der Waals surface area (Å²) >= 11 is 0. The fraction of sp³-hybridized carbons (Fsp3) is 0.308. The zero-order chi connectivity index (χ0) is 12.5. The molecular weight excluding hydrogens is 233 g/mol. The predicted molar refractivity (Wildman–Crippen MR) is 65.6 cm³/mol. The van der Waals surface area contributed by atoms with Gasteiger partial charge in [0.25, 0.3) is 0 Å². The summed E-state index contributed by atoms with van der Waals surface area (Å²) in [6, 6.07) is 4.89. The summed E-state index contributed by atoms with van der Waals surface area (Å²) in [7, 11) is 0. The first-order chi connectivity index (χ1) is 8.79. The first kappa shape index (κ1) is 11.2. The van der Waals surface area contributed by atoms with Gasteiger partial charge in [-0.2, -0.15) is 0 Å². The van der Waals surface area contributed by atoms with E-state index in [9.17, 15) is 9.50 Å². The Balaban J connectivity index is 1.95. The van der Waals surface area contributed by atoms with Crippen LogP contribution in [0.1, 0.15) is 11.4 Å². The van der Waals surface area contributed by atoms with Crippen molar-refractivity contribution in [1.29, 1.82) is 0 Å². The second kappa shape index (κ2) is 4.42. The van der Waals surface area contributed by atoms with Crippen LogP contribution in [0, 0.1) is 5.82 Å². The van der Waals surface area contributed by atoms with Gasteiger partial charge in [0.2, 0.25) is 0 Å². The largest absolute Gasteiger partial charge is 0.391 e. The molecule has 0 aliphatic carbocycles. The molecule has 0 amide bonds. The maximum Gasteiger partial charge on any atom is 0.130 e. The zero-order valence-electron chi connectivity index (χ0n) is 9.88. The van der Waals surface area contributed by atoms with Gasteiger partial charge in [-0.3, -0.25) is 0 Å². The minimum Gasteiger partial charge on any atom is -0.391 e. The van der Waals surface area contributed by atoms with E-state index in [4.69, 9.17) is 0 Å². The number of fused-ring (bicyclic) bond motifs is 1. The normalized spacial score (nSPS) is 14.7. The van der Waals surface area contributed by atoms with Crippen LogP contribution in [0.3, 0.4) is 0 Å². The number of halogens is 1. The van der Waals surface area contributed by atoms with E-state index in [1.807, 2.05) is 12.3 Å². The van der Waals surface area contributed by atoms with Crippen LogP contribution >= 0.6 is 0 Å². The molecule has 0 unspecified atom stereocenters. The molecule has 2 heterocycles. The third-order valence-corrected chi connectivity index (χ3v) is 3.34. The van der Waals surface area contributed by atoms with Crippen LogP contribution in [0.25, 0.3) is 0 Å². The van der Waals surface area contributed by atoms with Gasteiger partial charge in [-0.25, -0.2) is 9.37 Å². The summed E-state index contributed by atoms with van der Waals surface area (Å²) in [5, 5.41) is 9.30. The highest BCUT2D eigenvalue weighted by Crippen LogP contribution is 2.26. The van der Waals surface area contributed by atoms with Crippen LogP contribution in [-0.4, -0.2) is 21.2 Å². The second-order valence-electron chi connectivity index (χ2n) is 4.35. The van der Waals surface area contributed by atoms with Gasteiger partial charge in [-0.05, 0) is 12.1 Å². The topological polar surface area (TPSA) is 41.3 Å². The molecule has 1 aliphatic rings. The Hall–Kier alpha value is -1.88. The van der Waals surface area contributed by atoms with E-state index in [0.29, 0.717) is 12.1 Å². The van der Waals surface area contributed by atoms with E-state index in [-0.39, 0.29) is 12.4 Å². The molecule has 0 radical (unpaired) electrons. The lowest BCUT2D eigenvalue weighted by molar-refractivity contribution is 0.275. The van der Waals surface area contributed by atoms with Crippen molar-refractivity contribution >= 4 is 5.69 Å². The quantitative estimate of drug-likeness (QED) is 0.875. The van der Waals surface area contributed by atoms with Crippen molar-refractivity contribution in [2.24, 2.45) is 0 Å². The minimum absolute atomic E-state index is 0.285. The molecule has 1 aromatic heterocycles. The van der Waals surface area contributed by atoms with E-state index in [2.05, 4.69) is 14.5 Å². The molecule has 0 spiro atoms. The maximum absolute atomic E-state index is 13.6. The van der Waals surface area contributed by atoms with Crippen molar-refractivity contribution in [2.45, 2.75) is 19.7 Å². The number of imidazole rings is 1. The fourth-order valence-electron chi connectivity index (χ4n) is 2.38. The molecule has 0 atom stereocenters. The van der Waals surface area contributed by atoms with Gasteiger partial charge >= 0.3 is 0 Å². The molecule has 0 saturated heterocycles. The summed E-state index contributed by atoms with van der Waals surface area (Å²) in [6.45, 7) is 1.98. The molecule has 1 aliphatic heterocycles. The van der Waals surface area contributed by atoms with Crippen molar-refractivity contribution in [3.8, 4) is 0 Å². The lowest BCUT2D eigenvalue weighted by Crippen LogP contribution is -2.34. The van der Waals surface area contributed by atoms with Crippen LogP contribution in [0.2, 0.25) is 0 Å². The summed E-state index contributed by atoms with van der Waals surface area (Å²) < 4.78 is 15.7. The Morgan fingerprint density at radius 1 is 1.33 bits per heavy atom. The first-order valence-electron chi connectivity index (χ1n) is 5.93. The van der Waals surface area contributed by atoms with Crippen LogP contribution in [0.15, 0.2) is 30.6 Å². The van der Waals surface area contributed by atoms with Gasteiger partial charge < -0.3 is 14.6 Å². The number of benzene rings is 1. The summed E-state index contributed by atoms with van der Waals surface area (Å²) in [5.41, 5.74) is 1.12. The average Bonchev–Trinajstić information content (AvgIpc) is 2.85. The van der Waals surface area contributed by atoms with Crippen molar-refractivity contribution in [2.75, 3.05) is 11.4 Å². The number of rotatable bonds is 2. The first-order valence-corrected chi connectivity index (χ1v) is 5.93. The van der Waals surface area contributed by atoms with E-state index in [1.54, 1.807) is 12.3 Å². The number of aliphatic hydroxyl groups excluding tert-OH is 1. The summed E-state index contributed by atoms with van der Waals surface area (Å²) in [6.07, 6.45) is 3.72. The highest BCUT2D eigenvalue weighted by molar-refractivity contribution is 5.54. The van der Waals surface area contributed by atoms with Gasteiger partial charge in [-0.1, -0.05) is 6.07 Å². The van der Waals surface area contributed by atoms with E-state index >= 15 is 0 Å². The summed E-state index contributed by atoms with van der Waals surface area (Å²) in [5.74, 6) is 0.610. The van der Waals surface area contributed by atoms with Crippen molar-refractivity contribution in [3.05, 3.63) is 47.8 Å². The lowest BCUT2D eigenvalue weighted by Gasteiger charge is -2.31. The van der Waals surface area contributed by atoms with Gasteiger partial charge in [0.05, 0.1) is 13.2 Å². The van der Waals surface area contributed by atoms with Gasteiger partial charge in [0.1, 0.15) is 11.6 Å². The Labute approximate surface area is 104 Å². The van der Waals surface area contributed by atoms with Gasteiger partial charge in [0, 0.05) is 36.7 Å². The highest BCUT2D eigenvalue weighted by Gasteiger charge is 2.20. The Kier molecular flexibility index (Phi) is 2.76. The molecule has 1 aromatic carbocycles. The van der Waals surface area contributed by atoms with Gasteiger partial charge in [0.15, 0.2) is 0 Å². The molecule has 4 nitrogen and oxygen atoms in total. The smallest absolute Gasteiger partial charge is 0.130 e. The van der Waals surface area contributed by atoms with E-state index in [0.717, 1.165) is 24.6 Å². The van der Waals surface area contributed by atoms with Crippen LogP contribution in [-0.2, 0) is 19.7 Å². The monoisotopic (exact) mass is 247 g/mol. The molecule has 1 N–H and O–H groups in total. The molecule has 3 rings (SSSR count). The minimum atomic E-state index is -0.357. The third kappa shape index (κ3) is 1.76. The van der Waals surface area contributed by atoms with E-state index in [1.165, 1.54) is 6.07 Å². The molecule has 94 valence electrons. The molecule has 18 heavy (non-hydrogen) atoms. The fourth-order valence-corrected chi connectivity index (χ4v) is 2.38. The number of nitrogens with zero attached hydrogens (tertiary/aromatic N) is 3. The van der Waals surface area contributed by atoms with Crippen LogP contribution in [0.4, 0.5) is 10.1 Å². The molecule has 5 heteroatoms. The standard InChI is InChI=1S/C13H14FN3O/c14-11-2-1-3-12(10(11)9-18)17-7-6-16-5-4-15-13(16)8-17/h1-5,18H,6-9H2. The van der Waals surface area contributed by atoms with E-state index < -0.39 is 0 Å². The van der Waals surface area contributed by atoms with Crippen LogP contribution in [0.5, 0.6) is 0 Å². The Bertz CT molecular complexity index is 567. The number of hydrogen-bond donors (Lipinski definition) is 1. The average molecular weight is 247 g/mol. The molecule has 0 fully saturated rings. The highest BCUT2D eigenvalue weighted by atomic mass is 19.1. The van der Waals surface area contributed by atoms with Crippen molar-refractivity contribution < 1.29 is 9.50 Å². The molecule has 2 aromatic rings. The molecule has 0 saturated carbocycles. The number of anilines is 1. The van der Waals surface area contributed by atoms with Gasteiger partial charge in [-0.15, -0.1) is 0 Å². The van der Waals surface area contributed by atoms with Crippen molar-refractivity contribution in [1.82, 2.24) is 9.55 Å². The molecular formula is C13H14FN3O. The number of hydrogen-bond acceptors (Lipinski definition) is 3. The third-order valence-electron chi connectivity index (χ3n) is 3.34. The Morgan fingerprint density at radius 3 is 3.06 bits per heavy atom. The SMILES string of the molecule is OCc1c(F)cccc1N1CCn2ccnc2C1. The maximum atomic E-state index is 13.6. The summed E-state index contributed by atoms with van der Waals surface area (Å²) in [4.78, 5) is 6.33. The Morgan fingerprint density at radius 2 is 2.22 bits per heavy atom. The lowest BCUT2D eigenvalue weighted by atomic mass is 10.1. The van der Waals surface area contributed by atoms with Crippen molar-refractivity contribution in [3.63, 3.8) is 0 Å². The molecule has 0 bridgehead atoms. The zero-order valence-corrected chi connectivity index (χ0v) is 9.88. The number of aliphatic hydroxyl groups is 1. The number of aromatic nitrogens is 2. The van der Waals surface area contributed by atoms with Crippen LogP contribution < -0.4 is 4.90 Å². The predicted octanol–water partition coefficient (Wildman–Crippen LogP) is 1.53. The second-order valence-corrected chi connectivity index (χ2v) is 4.35.